The minimum absolute atomic E-state index is 0.120. The second-order valence-electron chi connectivity index (χ2n) is 7.81. The van der Waals surface area contributed by atoms with Crippen LogP contribution in [-0.4, -0.2) is 37.9 Å². The second-order valence-corrected chi connectivity index (χ2v) is 7.81. The zero-order valence-electron chi connectivity index (χ0n) is 18.7. The minimum Gasteiger partial charge on any atom is -0.481 e. The molecular weight excluding hydrogens is 428 g/mol. The lowest BCUT2D eigenvalue weighted by Crippen LogP contribution is -2.28. The predicted molar refractivity (Wildman–Crippen MR) is 129 cm³/mol. The maximum absolute atomic E-state index is 12.6. The van der Waals surface area contributed by atoms with Gasteiger partial charge in [-0.25, -0.2) is 19.9 Å². The van der Waals surface area contributed by atoms with Gasteiger partial charge < -0.3 is 15.0 Å². The number of hydrogen-bond donors (Lipinski definition) is 2. The van der Waals surface area contributed by atoms with Crippen molar-refractivity contribution in [3.63, 3.8) is 0 Å². The Morgan fingerprint density at radius 1 is 0.941 bits per heavy atom. The molecule has 5 rings (SSSR count). The Labute approximate surface area is 196 Å². The van der Waals surface area contributed by atoms with Gasteiger partial charge in [-0.15, -0.1) is 0 Å². The number of fused-ring (bicyclic) bond motifs is 1. The minimum atomic E-state index is -0.322. The van der Waals surface area contributed by atoms with Crippen LogP contribution in [0.2, 0.25) is 0 Å². The van der Waals surface area contributed by atoms with Crippen LogP contribution >= 0.6 is 0 Å². The van der Waals surface area contributed by atoms with E-state index in [2.05, 4.69) is 30.2 Å². The van der Waals surface area contributed by atoms with E-state index in [0.29, 0.717) is 5.88 Å². The highest BCUT2D eigenvalue weighted by atomic mass is 16.5. The molecule has 1 atom stereocenters. The van der Waals surface area contributed by atoms with Crippen molar-refractivity contribution in [1.29, 1.82) is 0 Å². The molecular formula is C26H22N6O2. The third kappa shape index (κ3) is 4.21. The van der Waals surface area contributed by atoms with Gasteiger partial charge in [0.05, 0.1) is 13.2 Å². The third-order valence-corrected chi connectivity index (χ3v) is 5.62. The van der Waals surface area contributed by atoms with Crippen LogP contribution in [0.1, 0.15) is 29.1 Å². The van der Waals surface area contributed by atoms with Gasteiger partial charge in [0.2, 0.25) is 11.7 Å². The summed E-state index contributed by atoms with van der Waals surface area (Å²) in [7, 11) is 1.59. The van der Waals surface area contributed by atoms with E-state index in [4.69, 9.17) is 4.74 Å². The Bertz CT molecular complexity index is 1450. The average molecular weight is 451 g/mol. The summed E-state index contributed by atoms with van der Waals surface area (Å²) in [5.74, 6) is 0.335. The molecule has 1 amide bonds. The summed E-state index contributed by atoms with van der Waals surface area (Å²) >= 11 is 0. The van der Waals surface area contributed by atoms with Crippen LogP contribution in [0.4, 0.5) is 0 Å². The Hall–Kier alpha value is -4.59. The topological polar surface area (TPSA) is 106 Å². The first-order valence-corrected chi connectivity index (χ1v) is 10.8. The Morgan fingerprint density at radius 2 is 1.71 bits per heavy atom. The van der Waals surface area contributed by atoms with Gasteiger partial charge in [0.1, 0.15) is 5.65 Å². The van der Waals surface area contributed by atoms with E-state index in [1.54, 1.807) is 31.9 Å². The SMILES string of the molecule is COc1cc(-c2cnc3[nH]cc(-c4cnc(C(=O)NC(C)c5ccccc5)nc4)c3c2)ccn1. The van der Waals surface area contributed by atoms with Gasteiger partial charge in [-0.3, -0.25) is 4.79 Å². The first-order chi connectivity index (χ1) is 16.6. The van der Waals surface area contributed by atoms with E-state index >= 15 is 0 Å². The average Bonchev–Trinajstić information content (AvgIpc) is 3.32. The molecule has 34 heavy (non-hydrogen) atoms. The summed E-state index contributed by atoms with van der Waals surface area (Å²) in [6.45, 7) is 1.93. The number of rotatable bonds is 6. The highest BCUT2D eigenvalue weighted by molar-refractivity contribution is 5.96. The molecule has 0 saturated carbocycles. The van der Waals surface area contributed by atoms with Crippen LogP contribution in [0, 0.1) is 0 Å². The second kappa shape index (κ2) is 9.11. The van der Waals surface area contributed by atoms with Gasteiger partial charge in [-0.2, -0.15) is 0 Å². The summed E-state index contributed by atoms with van der Waals surface area (Å²) < 4.78 is 5.23. The molecule has 8 nitrogen and oxygen atoms in total. The molecule has 0 spiro atoms. The number of carbonyl (C=O) groups excluding carboxylic acids is 1. The molecule has 8 heteroatoms. The van der Waals surface area contributed by atoms with E-state index in [0.717, 1.165) is 38.9 Å². The first kappa shape index (κ1) is 21.3. The molecule has 4 heterocycles. The van der Waals surface area contributed by atoms with E-state index in [-0.39, 0.29) is 17.8 Å². The monoisotopic (exact) mass is 450 g/mol. The number of nitrogens with one attached hydrogen (secondary N) is 2. The van der Waals surface area contributed by atoms with E-state index < -0.39 is 0 Å². The number of H-pyrrole nitrogens is 1. The van der Waals surface area contributed by atoms with E-state index in [9.17, 15) is 4.79 Å². The standard InChI is InChI=1S/C26H22N6O2/c1-16(17-6-4-3-5-7-17)32-26(33)25-29-13-20(14-30-25)22-15-31-24-21(22)10-19(12-28-24)18-8-9-27-23(11-18)34-2/h3-16H,1-2H3,(H,28,31)(H,32,33). The van der Waals surface area contributed by atoms with Gasteiger partial charge >= 0.3 is 0 Å². The van der Waals surface area contributed by atoms with Crippen molar-refractivity contribution < 1.29 is 9.53 Å². The molecule has 0 aliphatic carbocycles. The largest absolute Gasteiger partial charge is 0.481 e. The number of hydrogen-bond acceptors (Lipinski definition) is 6. The number of aromatic nitrogens is 5. The summed E-state index contributed by atoms with van der Waals surface area (Å²) in [6, 6.07) is 15.4. The van der Waals surface area contributed by atoms with Crippen molar-refractivity contribution >= 4 is 16.9 Å². The molecule has 4 aromatic heterocycles. The third-order valence-electron chi connectivity index (χ3n) is 5.62. The predicted octanol–water partition coefficient (Wildman–Crippen LogP) is 4.58. The molecule has 5 aromatic rings. The maximum Gasteiger partial charge on any atom is 0.289 e. The number of aromatic amines is 1. The van der Waals surface area contributed by atoms with Gasteiger partial charge in [0.25, 0.3) is 5.91 Å². The normalized spacial score (nSPS) is 11.8. The van der Waals surface area contributed by atoms with Crippen molar-refractivity contribution in [1.82, 2.24) is 30.2 Å². The fraction of sp³-hybridized carbons (Fsp3) is 0.115. The van der Waals surface area contributed by atoms with Crippen LogP contribution in [-0.2, 0) is 0 Å². The highest BCUT2D eigenvalue weighted by Crippen LogP contribution is 2.31. The summed E-state index contributed by atoms with van der Waals surface area (Å²) in [5.41, 5.74) is 5.32. The number of methoxy groups -OCH3 is 1. The van der Waals surface area contributed by atoms with Crippen molar-refractivity contribution in [2.45, 2.75) is 13.0 Å². The molecule has 0 saturated heterocycles. The Kier molecular flexibility index (Phi) is 5.70. The molecule has 1 aromatic carbocycles. The number of benzene rings is 1. The van der Waals surface area contributed by atoms with Gasteiger partial charge in [-0.1, -0.05) is 30.3 Å². The van der Waals surface area contributed by atoms with Crippen LogP contribution in [0.15, 0.2) is 79.5 Å². The van der Waals surface area contributed by atoms with Crippen LogP contribution in [0.25, 0.3) is 33.3 Å². The summed E-state index contributed by atoms with van der Waals surface area (Å²) in [6.07, 6.45) is 8.67. The molecule has 2 N–H and O–H groups in total. The van der Waals surface area contributed by atoms with Crippen molar-refractivity contribution in [2.24, 2.45) is 0 Å². The summed E-state index contributed by atoms with van der Waals surface area (Å²) in [5, 5.41) is 3.86. The number of ether oxygens (including phenoxy) is 1. The first-order valence-electron chi connectivity index (χ1n) is 10.8. The van der Waals surface area contributed by atoms with Crippen LogP contribution in [0.3, 0.4) is 0 Å². The number of pyridine rings is 2. The van der Waals surface area contributed by atoms with E-state index in [1.807, 2.05) is 61.7 Å². The fourth-order valence-corrected chi connectivity index (χ4v) is 3.77. The van der Waals surface area contributed by atoms with Crippen LogP contribution in [0.5, 0.6) is 5.88 Å². The number of amides is 1. The smallest absolute Gasteiger partial charge is 0.289 e. The number of carbonyl (C=O) groups is 1. The van der Waals surface area contributed by atoms with Crippen molar-refractivity contribution in [3.8, 4) is 28.1 Å². The van der Waals surface area contributed by atoms with Gasteiger partial charge in [0.15, 0.2) is 0 Å². The van der Waals surface area contributed by atoms with Crippen LogP contribution < -0.4 is 10.1 Å². The highest BCUT2D eigenvalue weighted by Gasteiger charge is 2.15. The quantitative estimate of drug-likeness (QED) is 0.392. The molecule has 1 unspecified atom stereocenters. The van der Waals surface area contributed by atoms with Crippen molar-refractivity contribution in [2.75, 3.05) is 7.11 Å². The zero-order chi connectivity index (χ0) is 23.5. The fourth-order valence-electron chi connectivity index (χ4n) is 3.77. The Balaban J connectivity index is 1.40. The van der Waals surface area contributed by atoms with Gasteiger partial charge in [-0.05, 0) is 30.2 Å². The molecule has 0 radical (unpaired) electrons. The molecule has 0 bridgehead atoms. The maximum atomic E-state index is 12.6. The summed E-state index contributed by atoms with van der Waals surface area (Å²) in [4.78, 5) is 33.1. The van der Waals surface area contributed by atoms with E-state index in [1.165, 1.54) is 0 Å². The molecule has 0 aliphatic heterocycles. The Morgan fingerprint density at radius 3 is 2.47 bits per heavy atom. The lowest BCUT2D eigenvalue weighted by Gasteiger charge is -2.13. The molecule has 0 fully saturated rings. The number of nitrogens with zero attached hydrogens (tertiary/aromatic N) is 4. The lowest BCUT2D eigenvalue weighted by molar-refractivity contribution is 0.0929. The molecule has 168 valence electrons. The molecule has 0 aliphatic rings. The van der Waals surface area contributed by atoms with Gasteiger partial charge in [0, 0.05) is 59.1 Å². The lowest BCUT2D eigenvalue weighted by atomic mass is 10.0. The zero-order valence-corrected chi connectivity index (χ0v) is 18.7. The van der Waals surface area contributed by atoms with Crippen molar-refractivity contribution in [3.05, 3.63) is 90.9 Å².